The second-order valence-corrected chi connectivity index (χ2v) is 4.20. The number of aliphatic hydroxyl groups is 1. The van der Waals surface area contributed by atoms with Gasteiger partial charge in [0.2, 0.25) is 0 Å². The summed E-state index contributed by atoms with van der Waals surface area (Å²) in [6.45, 7) is 5.20. The summed E-state index contributed by atoms with van der Waals surface area (Å²) in [7, 11) is 0. The molecule has 0 aliphatic carbocycles. The number of nitrogens with two attached hydrogens (primary N) is 1. The van der Waals surface area contributed by atoms with Gasteiger partial charge in [-0.05, 0) is 30.0 Å². The Kier molecular flexibility index (Phi) is 5.29. The summed E-state index contributed by atoms with van der Waals surface area (Å²) in [4.78, 5) is 0. The van der Waals surface area contributed by atoms with Gasteiger partial charge >= 0.3 is 0 Å². The molecule has 2 unspecified atom stereocenters. The molecule has 3 nitrogen and oxygen atoms in total. The molecule has 2 atom stereocenters. The zero-order chi connectivity index (χ0) is 12.0. The molecule has 16 heavy (non-hydrogen) atoms. The van der Waals surface area contributed by atoms with E-state index >= 15 is 0 Å². The van der Waals surface area contributed by atoms with E-state index in [4.69, 9.17) is 5.73 Å². The highest BCUT2D eigenvalue weighted by Crippen LogP contribution is 2.20. The molecular formula is C13H22N2O. The molecule has 0 saturated heterocycles. The minimum Gasteiger partial charge on any atom is -0.390 e. The number of benzene rings is 1. The van der Waals surface area contributed by atoms with Gasteiger partial charge in [0.15, 0.2) is 0 Å². The highest BCUT2D eigenvalue weighted by atomic mass is 16.3. The van der Waals surface area contributed by atoms with Crippen LogP contribution in [-0.4, -0.2) is 24.3 Å². The molecule has 1 rings (SSSR count). The molecule has 0 bridgehead atoms. The van der Waals surface area contributed by atoms with Crippen molar-refractivity contribution in [3.8, 4) is 0 Å². The molecule has 0 aliphatic rings. The summed E-state index contributed by atoms with van der Waals surface area (Å²) in [5.41, 5.74) is 7.71. The van der Waals surface area contributed by atoms with Crippen LogP contribution in [0.15, 0.2) is 24.3 Å². The summed E-state index contributed by atoms with van der Waals surface area (Å²) in [6, 6.07) is 8.35. The summed E-state index contributed by atoms with van der Waals surface area (Å²) in [6.07, 6.45) is 0.674. The van der Waals surface area contributed by atoms with Gasteiger partial charge in [0, 0.05) is 18.8 Å². The Balaban J connectivity index is 2.51. The summed E-state index contributed by atoms with van der Waals surface area (Å²) < 4.78 is 0. The Bertz CT molecular complexity index is 297. The fraction of sp³-hybridized carbons (Fsp3) is 0.538. The summed E-state index contributed by atoms with van der Waals surface area (Å²) in [5, 5.41) is 12.5. The third-order valence-electron chi connectivity index (χ3n) is 2.91. The number of anilines is 1. The Morgan fingerprint density at radius 2 is 1.94 bits per heavy atom. The minimum absolute atomic E-state index is 0.290. The first-order chi connectivity index (χ1) is 7.67. The van der Waals surface area contributed by atoms with Crippen molar-refractivity contribution >= 4 is 5.69 Å². The molecule has 90 valence electrons. The Morgan fingerprint density at radius 3 is 2.44 bits per heavy atom. The van der Waals surface area contributed by atoms with Gasteiger partial charge in [-0.15, -0.1) is 0 Å². The SMILES string of the molecule is CCC(C)c1ccc(NCC(O)CN)cc1. The maximum Gasteiger partial charge on any atom is 0.0834 e. The van der Waals surface area contributed by atoms with Gasteiger partial charge in [-0.2, -0.15) is 0 Å². The summed E-state index contributed by atoms with van der Waals surface area (Å²) in [5.74, 6) is 0.601. The second kappa shape index (κ2) is 6.51. The number of aliphatic hydroxyl groups excluding tert-OH is 1. The van der Waals surface area contributed by atoms with E-state index in [1.165, 1.54) is 5.56 Å². The van der Waals surface area contributed by atoms with E-state index in [1.54, 1.807) is 0 Å². The van der Waals surface area contributed by atoms with Crippen LogP contribution in [0.2, 0.25) is 0 Å². The van der Waals surface area contributed by atoms with Crippen molar-refractivity contribution in [2.45, 2.75) is 32.3 Å². The Hall–Kier alpha value is -1.06. The van der Waals surface area contributed by atoms with Crippen LogP contribution in [0.5, 0.6) is 0 Å². The molecule has 0 aliphatic heterocycles. The lowest BCUT2D eigenvalue weighted by molar-refractivity contribution is 0.196. The van der Waals surface area contributed by atoms with Crippen molar-refractivity contribution in [2.24, 2.45) is 5.73 Å². The normalized spacial score (nSPS) is 14.5. The van der Waals surface area contributed by atoms with Crippen molar-refractivity contribution in [3.05, 3.63) is 29.8 Å². The highest BCUT2D eigenvalue weighted by Gasteiger charge is 2.03. The molecule has 0 aromatic heterocycles. The van der Waals surface area contributed by atoms with Crippen LogP contribution in [0, 0.1) is 0 Å². The predicted octanol–water partition coefficient (Wildman–Crippen LogP) is 1.93. The number of nitrogens with one attached hydrogen (secondary N) is 1. The average Bonchev–Trinajstić information content (AvgIpc) is 2.35. The lowest BCUT2D eigenvalue weighted by Crippen LogP contribution is -2.27. The van der Waals surface area contributed by atoms with Gasteiger partial charge in [0.05, 0.1) is 6.10 Å². The van der Waals surface area contributed by atoms with Crippen LogP contribution in [-0.2, 0) is 0 Å². The van der Waals surface area contributed by atoms with Gasteiger partial charge in [-0.3, -0.25) is 0 Å². The molecule has 0 spiro atoms. The fourth-order valence-corrected chi connectivity index (χ4v) is 1.48. The monoisotopic (exact) mass is 222 g/mol. The molecular weight excluding hydrogens is 200 g/mol. The number of hydrogen-bond acceptors (Lipinski definition) is 3. The first kappa shape index (κ1) is 13.0. The number of rotatable bonds is 6. The van der Waals surface area contributed by atoms with Crippen molar-refractivity contribution in [3.63, 3.8) is 0 Å². The Morgan fingerprint density at radius 1 is 1.31 bits per heavy atom. The molecule has 1 aromatic carbocycles. The fourth-order valence-electron chi connectivity index (χ4n) is 1.48. The van der Waals surface area contributed by atoms with E-state index in [1.807, 2.05) is 12.1 Å². The summed E-state index contributed by atoms with van der Waals surface area (Å²) >= 11 is 0. The quantitative estimate of drug-likeness (QED) is 0.689. The van der Waals surface area contributed by atoms with Gasteiger partial charge in [0.25, 0.3) is 0 Å². The molecule has 0 radical (unpaired) electrons. The minimum atomic E-state index is -0.478. The first-order valence-electron chi connectivity index (χ1n) is 5.89. The van der Waals surface area contributed by atoms with Gasteiger partial charge in [-0.1, -0.05) is 26.0 Å². The van der Waals surface area contributed by atoms with E-state index in [2.05, 4.69) is 31.3 Å². The van der Waals surface area contributed by atoms with E-state index in [-0.39, 0.29) is 6.54 Å². The lowest BCUT2D eigenvalue weighted by atomic mass is 9.99. The topological polar surface area (TPSA) is 58.3 Å². The predicted molar refractivity (Wildman–Crippen MR) is 68.7 cm³/mol. The first-order valence-corrected chi connectivity index (χ1v) is 5.89. The van der Waals surface area contributed by atoms with Gasteiger partial charge < -0.3 is 16.2 Å². The molecule has 1 aromatic rings. The number of hydrogen-bond donors (Lipinski definition) is 3. The largest absolute Gasteiger partial charge is 0.390 e. The van der Waals surface area contributed by atoms with Crippen LogP contribution in [0.1, 0.15) is 31.7 Å². The molecule has 0 fully saturated rings. The molecule has 0 amide bonds. The maximum atomic E-state index is 9.31. The lowest BCUT2D eigenvalue weighted by Gasteiger charge is -2.12. The molecule has 4 N–H and O–H groups in total. The zero-order valence-electron chi connectivity index (χ0n) is 10.1. The molecule has 3 heteroatoms. The van der Waals surface area contributed by atoms with E-state index in [0.29, 0.717) is 12.5 Å². The van der Waals surface area contributed by atoms with Crippen molar-refractivity contribution in [1.29, 1.82) is 0 Å². The smallest absolute Gasteiger partial charge is 0.0834 e. The van der Waals surface area contributed by atoms with Crippen molar-refractivity contribution < 1.29 is 5.11 Å². The van der Waals surface area contributed by atoms with E-state index in [9.17, 15) is 5.11 Å². The van der Waals surface area contributed by atoms with Gasteiger partial charge in [0.1, 0.15) is 0 Å². The Labute approximate surface area is 97.7 Å². The van der Waals surface area contributed by atoms with Crippen LogP contribution in [0.3, 0.4) is 0 Å². The average molecular weight is 222 g/mol. The third-order valence-corrected chi connectivity index (χ3v) is 2.91. The maximum absolute atomic E-state index is 9.31. The highest BCUT2D eigenvalue weighted by molar-refractivity contribution is 5.45. The third kappa shape index (κ3) is 3.83. The van der Waals surface area contributed by atoms with Gasteiger partial charge in [-0.25, -0.2) is 0 Å². The molecule has 0 saturated carbocycles. The van der Waals surface area contributed by atoms with Crippen LogP contribution in [0.25, 0.3) is 0 Å². The van der Waals surface area contributed by atoms with Crippen molar-refractivity contribution in [2.75, 3.05) is 18.4 Å². The van der Waals surface area contributed by atoms with E-state index < -0.39 is 6.10 Å². The van der Waals surface area contributed by atoms with Crippen LogP contribution in [0.4, 0.5) is 5.69 Å². The van der Waals surface area contributed by atoms with Crippen LogP contribution >= 0.6 is 0 Å². The molecule has 0 heterocycles. The van der Waals surface area contributed by atoms with Crippen molar-refractivity contribution in [1.82, 2.24) is 0 Å². The van der Waals surface area contributed by atoms with Crippen LogP contribution < -0.4 is 11.1 Å². The zero-order valence-corrected chi connectivity index (χ0v) is 10.1. The standard InChI is InChI=1S/C13H22N2O/c1-3-10(2)11-4-6-12(7-5-11)15-9-13(16)8-14/h4-7,10,13,15-16H,3,8-9,14H2,1-2H3. The van der Waals surface area contributed by atoms with E-state index in [0.717, 1.165) is 12.1 Å². The second-order valence-electron chi connectivity index (χ2n) is 4.20.